The van der Waals surface area contributed by atoms with E-state index in [0.717, 1.165) is 12.7 Å². The van der Waals surface area contributed by atoms with E-state index in [0.29, 0.717) is 19.1 Å². The van der Waals surface area contributed by atoms with E-state index in [4.69, 9.17) is 4.74 Å². The number of rotatable bonds is 5. The molecular weight excluding hydrogens is 184 g/mol. The molecule has 0 aromatic heterocycles. The molecule has 0 bridgehead atoms. The molecular formula is C10H16O4. The lowest BCUT2D eigenvalue weighted by Crippen LogP contribution is -2.46. The molecule has 0 aromatic rings. The minimum atomic E-state index is -0.926. The van der Waals surface area contributed by atoms with Crippen LogP contribution in [0.2, 0.25) is 0 Å². The third kappa shape index (κ3) is 1.38. The van der Waals surface area contributed by atoms with Gasteiger partial charge < -0.3 is 19.4 Å². The third-order valence-electron chi connectivity index (χ3n) is 3.37. The van der Waals surface area contributed by atoms with Crippen molar-refractivity contribution in [1.82, 2.24) is 0 Å². The Morgan fingerprint density at radius 3 is 2.29 bits per heavy atom. The Balaban J connectivity index is 3.02. The summed E-state index contributed by atoms with van der Waals surface area (Å²) in [4.78, 5) is 22.1. The second-order valence-corrected chi connectivity index (χ2v) is 3.99. The predicted molar refractivity (Wildman–Crippen MR) is 49.8 cm³/mol. The van der Waals surface area contributed by atoms with Gasteiger partial charge in [0.05, 0.1) is 24.0 Å². The van der Waals surface area contributed by atoms with Crippen LogP contribution in [0.5, 0.6) is 0 Å². The Labute approximate surface area is 83.2 Å². The fraction of sp³-hybridized carbons (Fsp3) is 0.800. The number of carbonyl (C=O) groups is 2. The Hall–Kier alpha value is -0.740. The highest BCUT2D eigenvalue weighted by molar-refractivity contribution is 5.74. The zero-order valence-corrected chi connectivity index (χ0v) is 8.36. The minimum absolute atomic E-state index is 0.204. The van der Waals surface area contributed by atoms with Gasteiger partial charge in [-0.2, -0.15) is 0 Å². The number of aliphatic hydroxyl groups excluding tert-OH is 1. The van der Waals surface area contributed by atoms with E-state index in [1.165, 1.54) is 7.11 Å². The van der Waals surface area contributed by atoms with Gasteiger partial charge in [0.1, 0.15) is 12.6 Å². The van der Waals surface area contributed by atoms with Crippen LogP contribution < -0.4 is 0 Å². The number of ether oxygens (including phenoxy) is 1. The van der Waals surface area contributed by atoms with E-state index >= 15 is 0 Å². The van der Waals surface area contributed by atoms with Crippen molar-refractivity contribution in [2.45, 2.75) is 19.3 Å². The van der Waals surface area contributed by atoms with Crippen molar-refractivity contribution in [2.24, 2.45) is 10.8 Å². The van der Waals surface area contributed by atoms with Gasteiger partial charge in [-0.05, 0) is 12.8 Å². The summed E-state index contributed by atoms with van der Waals surface area (Å²) in [5.41, 5.74) is -1.75. The quantitative estimate of drug-likeness (QED) is 0.643. The minimum Gasteiger partial charge on any atom is -0.395 e. The summed E-state index contributed by atoms with van der Waals surface area (Å²) in [6.45, 7) is -0.0750. The number of methoxy groups -OCH3 is 1. The van der Waals surface area contributed by atoms with Crippen LogP contribution in [0.1, 0.15) is 19.3 Å². The fourth-order valence-electron chi connectivity index (χ4n) is 2.35. The Morgan fingerprint density at radius 2 is 1.86 bits per heavy atom. The summed E-state index contributed by atoms with van der Waals surface area (Å²) in [5, 5.41) is 9.26. The summed E-state index contributed by atoms with van der Waals surface area (Å²) in [7, 11) is 1.50. The van der Waals surface area contributed by atoms with Crippen molar-refractivity contribution in [2.75, 3.05) is 20.3 Å². The van der Waals surface area contributed by atoms with Crippen molar-refractivity contribution in [3.63, 3.8) is 0 Å². The Morgan fingerprint density at radius 1 is 1.29 bits per heavy atom. The van der Waals surface area contributed by atoms with Crippen LogP contribution in [-0.4, -0.2) is 38.0 Å². The zero-order chi connectivity index (χ0) is 10.7. The highest BCUT2D eigenvalue weighted by atomic mass is 16.5. The first-order valence-corrected chi connectivity index (χ1v) is 4.73. The SMILES string of the molecule is COC[C@]1(C=O)CCC[C@@]1(C=O)CO. The summed E-state index contributed by atoms with van der Waals surface area (Å²) in [6.07, 6.45) is 3.45. The molecule has 0 heterocycles. The van der Waals surface area contributed by atoms with Crippen molar-refractivity contribution < 1.29 is 19.4 Å². The molecule has 0 amide bonds. The Kier molecular flexibility index (Phi) is 3.39. The van der Waals surface area contributed by atoms with Crippen LogP contribution in [0.15, 0.2) is 0 Å². The van der Waals surface area contributed by atoms with Gasteiger partial charge in [-0.3, -0.25) is 0 Å². The summed E-state index contributed by atoms with van der Waals surface area (Å²) >= 11 is 0. The molecule has 1 saturated carbocycles. The van der Waals surface area contributed by atoms with Crippen LogP contribution in [0.3, 0.4) is 0 Å². The second-order valence-electron chi connectivity index (χ2n) is 3.99. The van der Waals surface area contributed by atoms with Gasteiger partial charge in [0.2, 0.25) is 0 Å². The molecule has 0 saturated heterocycles. The molecule has 4 nitrogen and oxygen atoms in total. The maximum Gasteiger partial charge on any atom is 0.129 e. The van der Waals surface area contributed by atoms with Crippen molar-refractivity contribution in [1.29, 1.82) is 0 Å². The fourth-order valence-corrected chi connectivity index (χ4v) is 2.35. The second kappa shape index (κ2) is 4.19. The van der Waals surface area contributed by atoms with E-state index in [2.05, 4.69) is 0 Å². The number of carbonyl (C=O) groups excluding carboxylic acids is 2. The number of aldehydes is 2. The molecule has 1 rings (SSSR count). The number of hydrogen-bond donors (Lipinski definition) is 1. The van der Waals surface area contributed by atoms with Gasteiger partial charge >= 0.3 is 0 Å². The van der Waals surface area contributed by atoms with Crippen LogP contribution in [-0.2, 0) is 14.3 Å². The molecule has 0 radical (unpaired) electrons. The first-order valence-electron chi connectivity index (χ1n) is 4.73. The summed E-state index contributed by atoms with van der Waals surface area (Å²) < 4.78 is 4.98. The number of aliphatic hydroxyl groups is 1. The molecule has 0 unspecified atom stereocenters. The monoisotopic (exact) mass is 200 g/mol. The zero-order valence-electron chi connectivity index (χ0n) is 8.36. The average molecular weight is 200 g/mol. The maximum atomic E-state index is 11.1. The molecule has 1 fully saturated rings. The predicted octanol–water partition coefficient (Wildman–Crippen LogP) is 0.180. The van der Waals surface area contributed by atoms with Gasteiger partial charge in [0, 0.05) is 7.11 Å². The maximum absolute atomic E-state index is 11.1. The standard InChI is InChI=1S/C10H16O4/c1-14-8-10(7-13)4-2-3-9(10,5-11)6-12/h5,7,12H,2-4,6,8H2,1H3/t9-,10-/m1/s1. The molecule has 1 aliphatic rings. The number of hydrogen-bond acceptors (Lipinski definition) is 4. The van der Waals surface area contributed by atoms with Crippen LogP contribution in [0.4, 0.5) is 0 Å². The van der Waals surface area contributed by atoms with Crippen LogP contribution in [0, 0.1) is 10.8 Å². The summed E-state index contributed by atoms with van der Waals surface area (Å²) in [6, 6.07) is 0. The molecule has 4 heteroatoms. The van der Waals surface area contributed by atoms with Gasteiger partial charge in [-0.25, -0.2) is 0 Å². The lowest BCUT2D eigenvalue weighted by Gasteiger charge is -2.36. The Bertz CT molecular complexity index is 228. The van der Waals surface area contributed by atoms with Gasteiger partial charge in [-0.1, -0.05) is 6.42 Å². The van der Waals surface area contributed by atoms with Gasteiger partial charge in [0.25, 0.3) is 0 Å². The molecule has 14 heavy (non-hydrogen) atoms. The normalized spacial score (nSPS) is 37.0. The summed E-state index contributed by atoms with van der Waals surface area (Å²) in [5.74, 6) is 0. The van der Waals surface area contributed by atoms with E-state index in [-0.39, 0.29) is 13.2 Å². The first-order chi connectivity index (χ1) is 6.70. The van der Waals surface area contributed by atoms with Gasteiger partial charge in [0.15, 0.2) is 0 Å². The highest BCUT2D eigenvalue weighted by Crippen LogP contribution is 2.50. The van der Waals surface area contributed by atoms with Gasteiger partial charge in [-0.15, -0.1) is 0 Å². The van der Waals surface area contributed by atoms with E-state index in [1.807, 2.05) is 0 Å². The van der Waals surface area contributed by atoms with Crippen LogP contribution in [0.25, 0.3) is 0 Å². The van der Waals surface area contributed by atoms with E-state index in [9.17, 15) is 14.7 Å². The molecule has 0 aromatic carbocycles. The molecule has 0 spiro atoms. The smallest absolute Gasteiger partial charge is 0.129 e. The van der Waals surface area contributed by atoms with Crippen molar-refractivity contribution in [3.8, 4) is 0 Å². The van der Waals surface area contributed by atoms with E-state index in [1.54, 1.807) is 0 Å². The third-order valence-corrected chi connectivity index (χ3v) is 3.37. The lowest BCUT2D eigenvalue weighted by molar-refractivity contribution is -0.140. The molecule has 80 valence electrons. The molecule has 0 aliphatic heterocycles. The first kappa shape index (κ1) is 11.3. The van der Waals surface area contributed by atoms with Crippen molar-refractivity contribution in [3.05, 3.63) is 0 Å². The van der Waals surface area contributed by atoms with Crippen molar-refractivity contribution >= 4 is 12.6 Å². The molecule has 1 aliphatic carbocycles. The highest BCUT2D eigenvalue weighted by Gasteiger charge is 2.55. The lowest BCUT2D eigenvalue weighted by atomic mass is 9.68. The topological polar surface area (TPSA) is 63.6 Å². The molecule has 1 N–H and O–H groups in total. The average Bonchev–Trinajstić information content (AvgIpc) is 2.58. The molecule has 2 atom stereocenters. The largest absolute Gasteiger partial charge is 0.395 e. The van der Waals surface area contributed by atoms with E-state index < -0.39 is 10.8 Å². The van der Waals surface area contributed by atoms with Crippen LogP contribution >= 0.6 is 0 Å².